The van der Waals surface area contributed by atoms with Crippen LogP contribution in [0.1, 0.15) is 40.3 Å². The molecular weight excluding hydrogens is 308 g/mol. The van der Waals surface area contributed by atoms with E-state index in [4.69, 9.17) is 9.15 Å². The second-order valence-corrected chi connectivity index (χ2v) is 7.14. The highest BCUT2D eigenvalue weighted by Crippen LogP contribution is 2.31. The average Bonchev–Trinajstić information content (AvgIpc) is 3.14. The second kappa shape index (κ2) is 6.50. The van der Waals surface area contributed by atoms with E-state index in [1.807, 2.05) is 6.92 Å². The minimum absolute atomic E-state index is 0.0147. The van der Waals surface area contributed by atoms with E-state index in [0.29, 0.717) is 26.3 Å². The molecule has 2 saturated heterocycles. The van der Waals surface area contributed by atoms with Gasteiger partial charge in [-0.2, -0.15) is 0 Å². The number of aliphatic hydroxyl groups excluding tert-OH is 1. The number of furan rings is 1. The van der Waals surface area contributed by atoms with Crippen molar-refractivity contribution in [3.63, 3.8) is 0 Å². The van der Waals surface area contributed by atoms with Gasteiger partial charge in [0.15, 0.2) is 0 Å². The summed E-state index contributed by atoms with van der Waals surface area (Å²) < 4.78 is 11.2. The molecule has 3 aliphatic rings. The average molecular weight is 334 g/mol. The van der Waals surface area contributed by atoms with E-state index < -0.39 is 6.10 Å². The fourth-order valence-electron chi connectivity index (χ4n) is 4.34. The maximum absolute atomic E-state index is 13.1. The normalized spacial score (nSPS) is 28.2. The zero-order valence-electron chi connectivity index (χ0n) is 14.3. The van der Waals surface area contributed by atoms with Gasteiger partial charge in [0.25, 0.3) is 5.91 Å². The number of hydrogen-bond acceptors (Lipinski definition) is 5. The molecule has 6 nitrogen and oxygen atoms in total. The minimum Gasteiger partial charge on any atom is -0.465 e. The number of morpholine rings is 1. The second-order valence-electron chi connectivity index (χ2n) is 7.14. The molecule has 3 heterocycles. The molecule has 2 aliphatic heterocycles. The van der Waals surface area contributed by atoms with E-state index in [2.05, 4.69) is 4.90 Å². The Bertz CT molecular complexity index is 621. The van der Waals surface area contributed by atoms with Gasteiger partial charge in [-0.1, -0.05) is 0 Å². The quantitative estimate of drug-likeness (QED) is 0.873. The van der Waals surface area contributed by atoms with Crippen molar-refractivity contribution >= 4 is 5.91 Å². The summed E-state index contributed by atoms with van der Waals surface area (Å²) >= 11 is 0. The number of rotatable bonds is 2. The molecule has 1 aliphatic carbocycles. The number of fused-ring (bicyclic) bond motifs is 1. The minimum atomic E-state index is -0.491. The van der Waals surface area contributed by atoms with Crippen LogP contribution in [-0.4, -0.2) is 72.4 Å². The topological polar surface area (TPSA) is 66.2 Å². The van der Waals surface area contributed by atoms with Crippen LogP contribution in [-0.2, 0) is 17.6 Å². The number of aryl methyl sites for hydroxylation is 2. The monoisotopic (exact) mass is 334 g/mol. The maximum atomic E-state index is 13.1. The van der Waals surface area contributed by atoms with Crippen LogP contribution in [0.4, 0.5) is 0 Å². The molecule has 0 unspecified atom stereocenters. The third-order valence-corrected chi connectivity index (χ3v) is 5.62. The maximum Gasteiger partial charge on any atom is 0.257 e. The van der Waals surface area contributed by atoms with E-state index in [0.717, 1.165) is 61.4 Å². The van der Waals surface area contributed by atoms with Crippen molar-refractivity contribution in [1.82, 2.24) is 9.80 Å². The van der Waals surface area contributed by atoms with Crippen molar-refractivity contribution < 1.29 is 19.1 Å². The fourth-order valence-corrected chi connectivity index (χ4v) is 4.34. The van der Waals surface area contributed by atoms with Gasteiger partial charge >= 0.3 is 0 Å². The van der Waals surface area contributed by atoms with Crippen LogP contribution in [0, 0.1) is 6.92 Å². The van der Waals surface area contributed by atoms with Crippen molar-refractivity contribution in [3.8, 4) is 0 Å². The molecule has 1 N–H and O–H groups in total. The summed E-state index contributed by atoms with van der Waals surface area (Å²) in [6.45, 7) is 5.92. The number of carbonyl (C=O) groups excluding carboxylic acids is 1. The first-order valence-corrected chi connectivity index (χ1v) is 9.05. The summed E-state index contributed by atoms with van der Waals surface area (Å²) in [5.41, 5.74) is 1.85. The number of carbonyl (C=O) groups is 1. The Balaban J connectivity index is 1.52. The largest absolute Gasteiger partial charge is 0.465 e. The van der Waals surface area contributed by atoms with Gasteiger partial charge in [0.05, 0.1) is 30.9 Å². The molecule has 6 heteroatoms. The van der Waals surface area contributed by atoms with Crippen LogP contribution in [0.2, 0.25) is 0 Å². The first kappa shape index (κ1) is 16.1. The molecule has 2 atom stereocenters. The molecule has 0 spiro atoms. The van der Waals surface area contributed by atoms with Crippen LogP contribution in [0.5, 0.6) is 0 Å². The Morgan fingerprint density at radius 1 is 1.17 bits per heavy atom. The molecule has 0 saturated carbocycles. The molecule has 1 amide bonds. The van der Waals surface area contributed by atoms with Crippen molar-refractivity contribution in [2.75, 3.05) is 39.4 Å². The molecule has 0 radical (unpaired) electrons. The standard InChI is InChI=1S/C18H26N2O4/c1-12-17(13-4-2-3-5-16(13)24-12)18(22)20-10-14(15(21)11-20)19-6-8-23-9-7-19/h14-15,21H,2-11H2,1H3/t14-,15-/m1/s1. The third kappa shape index (κ3) is 2.76. The van der Waals surface area contributed by atoms with E-state index in [1.54, 1.807) is 4.90 Å². The first-order chi connectivity index (χ1) is 11.6. The predicted molar refractivity (Wildman–Crippen MR) is 88.2 cm³/mol. The molecular formula is C18H26N2O4. The van der Waals surface area contributed by atoms with E-state index >= 15 is 0 Å². The summed E-state index contributed by atoms with van der Waals surface area (Å²) in [4.78, 5) is 17.1. The fraction of sp³-hybridized carbons (Fsp3) is 0.722. The van der Waals surface area contributed by atoms with Gasteiger partial charge in [0.1, 0.15) is 11.5 Å². The number of likely N-dealkylation sites (tertiary alicyclic amines) is 1. The number of amides is 1. The Kier molecular flexibility index (Phi) is 4.37. The zero-order chi connectivity index (χ0) is 16.7. The Labute approximate surface area is 142 Å². The molecule has 4 rings (SSSR count). The Morgan fingerprint density at radius 3 is 2.71 bits per heavy atom. The number of nitrogens with zero attached hydrogens (tertiary/aromatic N) is 2. The van der Waals surface area contributed by atoms with Gasteiger partial charge in [-0.05, 0) is 26.2 Å². The van der Waals surface area contributed by atoms with Gasteiger partial charge in [0, 0.05) is 38.2 Å². The van der Waals surface area contributed by atoms with Gasteiger partial charge in [-0.15, -0.1) is 0 Å². The lowest BCUT2D eigenvalue weighted by atomic mass is 9.94. The van der Waals surface area contributed by atoms with E-state index in [-0.39, 0.29) is 11.9 Å². The van der Waals surface area contributed by atoms with Crippen molar-refractivity contribution in [1.29, 1.82) is 0 Å². The summed E-state index contributed by atoms with van der Waals surface area (Å²) in [6, 6.07) is 0.0147. The van der Waals surface area contributed by atoms with Crippen molar-refractivity contribution in [3.05, 3.63) is 22.6 Å². The highest BCUT2D eigenvalue weighted by Gasteiger charge is 2.40. The Hall–Kier alpha value is -1.37. The summed E-state index contributed by atoms with van der Waals surface area (Å²) in [7, 11) is 0. The summed E-state index contributed by atoms with van der Waals surface area (Å²) in [6.07, 6.45) is 3.62. The molecule has 1 aromatic heterocycles. The number of β-amino-alcohol motifs (C(OH)–C–C–N with tert-alkyl or cyclic N) is 1. The van der Waals surface area contributed by atoms with Gasteiger partial charge in [-0.3, -0.25) is 9.69 Å². The van der Waals surface area contributed by atoms with Crippen LogP contribution in [0.25, 0.3) is 0 Å². The van der Waals surface area contributed by atoms with Crippen LogP contribution in [0.15, 0.2) is 4.42 Å². The number of hydrogen-bond donors (Lipinski definition) is 1. The van der Waals surface area contributed by atoms with Gasteiger partial charge in [0.2, 0.25) is 0 Å². The van der Waals surface area contributed by atoms with Gasteiger partial charge < -0.3 is 19.2 Å². The molecule has 0 aromatic carbocycles. The summed E-state index contributed by atoms with van der Waals surface area (Å²) in [5.74, 6) is 1.75. The van der Waals surface area contributed by atoms with Crippen LogP contribution in [0.3, 0.4) is 0 Å². The zero-order valence-corrected chi connectivity index (χ0v) is 14.3. The molecule has 132 valence electrons. The van der Waals surface area contributed by atoms with Crippen molar-refractivity contribution in [2.45, 2.75) is 44.8 Å². The molecule has 2 fully saturated rings. The van der Waals surface area contributed by atoms with E-state index in [9.17, 15) is 9.90 Å². The van der Waals surface area contributed by atoms with Crippen molar-refractivity contribution in [2.24, 2.45) is 0 Å². The van der Waals surface area contributed by atoms with Crippen LogP contribution < -0.4 is 0 Å². The van der Waals surface area contributed by atoms with Crippen LogP contribution >= 0.6 is 0 Å². The summed E-state index contributed by atoms with van der Waals surface area (Å²) in [5, 5.41) is 10.5. The lowest BCUT2D eigenvalue weighted by Gasteiger charge is -2.33. The number of ether oxygens (including phenoxy) is 1. The molecule has 1 aromatic rings. The predicted octanol–water partition coefficient (Wildman–Crippen LogP) is 0.984. The molecule has 0 bridgehead atoms. The molecule has 24 heavy (non-hydrogen) atoms. The smallest absolute Gasteiger partial charge is 0.257 e. The Morgan fingerprint density at radius 2 is 1.92 bits per heavy atom. The van der Waals surface area contributed by atoms with Gasteiger partial charge in [-0.25, -0.2) is 0 Å². The highest BCUT2D eigenvalue weighted by molar-refractivity contribution is 5.97. The lowest BCUT2D eigenvalue weighted by molar-refractivity contribution is -0.00611. The third-order valence-electron chi connectivity index (χ3n) is 5.62. The SMILES string of the molecule is Cc1oc2c(c1C(=O)N1C[C@@H](O)[C@H](N3CCOCC3)C1)CCCC2. The van der Waals surface area contributed by atoms with E-state index in [1.165, 1.54) is 0 Å². The number of aliphatic hydroxyl groups is 1. The first-order valence-electron chi connectivity index (χ1n) is 9.05. The highest BCUT2D eigenvalue weighted by atomic mass is 16.5. The lowest BCUT2D eigenvalue weighted by Crippen LogP contribution is -2.49.